The van der Waals surface area contributed by atoms with Gasteiger partial charge in [-0.05, 0) is 43.4 Å². The van der Waals surface area contributed by atoms with Crippen molar-refractivity contribution >= 4 is 11.2 Å². The fourth-order valence-corrected chi connectivity index (χ4v) is 5.31. The number of imidazole rings is 1. The van der Waals surface area contributed by atoms with Crippen molar-refractivity contribution in [3.05, 3.63) is 68.6 Å². The van der Waals surface area contributed by atoms with Gasteiger partial charge in [-0.3, -0.25) is 23.5 Å². The van der Waals surface area contributed by atoms with Crippen LogP contribution in [0.25, 0.3) is 22.6 Å². The summed E-state index contributed by atoms with van der Waals surface area (Å²) in [6.45, 7) is 7.38. The number of aromatic amines is 1. The molecule has 0 amide bonds. The average molecular weight is 544 g/mol. The van der Waals surface area contributed by atoms with Gasteiger partial charge in [0.05, 0.1) is 17.3 Å². The number of aromatic nitrogens is 6. The number of likely N-dealkylation sites (tertiary alicyclic amines) is 1. The van der Waals surface area contributed by atoms with Gasteiger partial charge in [0.15, 0.2) is 5.65 Å². The van der Waals surface area contributed by atoms with E-state index in [-0.39, 0.29) is 11.2 Å². The van der Waals surface area contributed by atoms with Crippen LogP contribution in [0.15, 0.2) is 46.2 Å². The van der Waals surface area contributed by atoms with Gasteiger partial charge in [-0.15, -0.1) is 0 Å². The predicted molar refractivity (Wildman–Crippen MR) is 141 cm³/mol. The summed E-state index contributed by atoms with van der Waals surface area (Å²) in [5, 5.41) is 4.48. The summed E-state index contributed by atoms with van der Waals surface area (Å²) in [5.41, 5.74) is 0.672. The Balaban J connectivity index is 1.30. The highest BCUT2D eigenvalue weighted by Gasteiger charge is 2.31. The molecule has 0 bridgehead atoms. The third-order valence-electron chi connectivity index (χ3n) is 7.14. The van der Waals surface area contributed by atoms with Gasteiger partial charge in [-0.25, -0.2) is 9.78 Å². The third-order valence-corrected chi connectivity index (χ3v) is 7.14. The fourth-order valence-electron chi connectivity index (χ4n) is 5.31. The Morgan fingerprint density at radius 2 is 1.87 bits per heavy atom. The number of hydrogen-bond donors (Lipinski definition) is 1. The first-order chi connectivity index (χ1) is 18.7. The zero-order chi connectivity index (χ0) is 27.7. The van der Waals surface area contributed by atoms with Gasteiger partial charge in [-0.2, -0.15) is 18.3 Å². The molecule has 5 rings (SSSR count). The molecule has 0 radical (unpaired) electrons. The smallest absolute Gasteiger partial charge is 0.332 e. The molecule has 1 aromatic carbocycles. The van der Waals surface area contributed by atoms with Crippen LogP contribution < -0.4 is 11.2 Å². The number of rotatable bonds is 9. The Bertz CT molecular complexity index is 1580. The number of fused-ring (bicyclic) bond motifs is 1. The quantitative estimate of drug-likeness (QED) is 0.343. The van der Waals surface area contributed by atoms with Gasteiger partial charge in [0, 0.05) is 38.9 Å². The first-order valence-electron chi connectivity index (χ1n) is 13.3. The van der Waals surface area contributed by atoms with Crippen LogP contribution in [0.4, 0.5) is 13.2 Å². The van der Waals surface area contributed by atoms with Crippen LogP contribution in [-0.2, 0) is 32.4 Å². The Hall–Kier alpha value is -3.67. The predicted octanol–water partition coefficient (Wildman–Crippen LogP) is 4.11. The van der Waals surface area contributed by atoms with Gasteiger partial charge < -0.3 is 4.98 Å². The minimum absolute atomic E-state index is 0.301. The van der Waals surface area contributed by atoms with E-state index in [9.17, 15) is 22.8 Å². The molecule has 1 N–H and O–H groups in total. The second kappa shape index (κ2) is 10.8. The Labute approximate surface area is 222 Å². The highest BCUT2D eigenvalue weighted by atomic mass is 19.4. The number of alkyl halides is 3. The minimum atomic E-state index is -4.35. The van der Waals surface area contributed by atoms with E-state index in [1.807, 2.05) is 24.7 Å². The van der Waals surface area contributed by atoms with Crippen molar-refractivity contribution in [3.8, 4) is 11.4 Å². The molecule has 4 heterocycles. The Morgan fingerprint density at radius 3 is 2.62 bits per heavy atom. The number of aryl methyl sites for hydroxylation is 1. The maximum Gasteiger partial charge on any atom is 0.416 e. The van der Waals surface area contributed by atoms with Gasteiger partial charge >= 0.3 is 11.9 Å². The zero-order valence-corrected chi connectivity index (χ0v) is 22.0. The van der Waals surface area contributed by atoms with Gasteiger partial charge in [0.2, 0.25) is 0 Å². The molecule has 3 aromatic heterocycles. The standard InChI is InChI=1S/C27H32F3N7O2/c1-3-9-36-24-22(25(38)37(10-4-2)26(36)39)32-23(33-24)20-13-31-35(17-20)16-19-8-11-34(15-19)14-18-6-5-7-21(12-18)27(28,29)30/h5-7,12-13,17,19H,3-4,8-11,14-16H2,1-2H3,(H,32,33). The molecule has 1 aliphatic heterocycles. The molecule has 1 saturated heterocycles. The summed E-state index contributed by atoms with van der Waals surface area (Å²) < 4.78 is 43.8. The summed E-state index contributed by atoms with van der Waals surface area (Å²) in [4.78, 5) is 35.8. The molecule has 12 heteroatoms. The number of benzene rings is 1. The monoisotopic (exact) mass is 543 g/mol. The topological polar surface area (TPSA) is 93.7 Å². The first-order valence-corrected chi connectivity index (χ1v) is 13.3. The summed E-state index contributed by atoms with van der Waals surface area (Å²) in [5.74, 6) is 0.777. The summed E-state index contributed by atoms with van der Waals surface area (Å²) in [6, 6.07) is 5.50. The number of hydrogen-bond acceptors (Lipinski definition) is 5. The maximum absolute atomic E-state index is 13.0. The number of H-pyrrole nitrogens is 1. The van der Waals surface area contributed by atoms with Crippen molar-refractivity contribution in [2.24, 2.45) is 5.92 Å². The molecule has 9 nitrogen and oxygen atoms in total. The van der Waals surface area contributed by atoms with E-state index in [4.69, 9.17) is 0 Å². The maximum atomic E-state index is 13.0. The lowest BCUT2D eigenvalue weighted by atomic mass is 10.1. The summed E-state index contributed by atoms with van der Waals surface area (Å²) in [6.07, 6.45) is 1.50. The molecule has 1 fully saturated rings. The van der Waals surface area contributed by atoms with Crippen LogP contribution in [-0.4, -0.2) is 46.9 Å². The normalized spacial score (nSPS) is 16.5. The van der Waals surface area contributed by atoms with Crippen LogP contribution in [0.2, 0.25) is 0 Å². The van der Waals surface area contributed by atoms with Gasteiger partial charge in [0.25, 0.3) is 5.56 Å². The molecule has 4 aromatic rings. The zero-order valence-electron chi connectivity index (χ0n) is 22.0. The third kappa shape index (κ3) is 5.56. The van der Waals surface area contributed by atoms with Crippen molar-refractivity contribution in [2.45, 2.75) is 65.5 Å². The minimum Gasteiger partial charge on any atom is -0.332 e. The highest BCUT2D eigenvalue weighted by molar-refractivity contribution is 5.75. The molecule has 39 heavy (non-hydrogen) atoms. The average Bonchev–Trinajstić information content (AvgIpc) is 3.65. The summed E-state index contributed by atoms with van der Waals surface area (Å²) in [7, 11) is 0. The number of nitrogens with zero attached hydrogens (tertiary/aromatic N) is 6. The lowest BCUT2D eigenvalue weighted by Gasteiger charge is -2.17. The summed E-state index contributed by atoms with van der Waals surface area (Å²) >= 11 is 0. The van der Waals surface area contributed by atoms with Crippen LogP contribution in [0.3, 0.4) is 0 Å². The molecule has 1 aliphatic rings. The Morgan fingerprint density at radius 1 is 1.10 bits per heavy atom. The van der Waals surface area contributed by atoms with Crippen molar-refractivity contribution in [1.29, 1.82) is 0 Å². The van der Waals surface area contributed by atoms with Crippen molar-refractivity contribution in [1.82, 2.24) is 33.8 Å². The molecular weight excluding hydrogens is 511 g/mol. The molecule has 1 atom stereocenters. The van der Waals surface area contributed by atoms with Crippen LogP contribution in [0.5, 0.6) is 0 Å². The van der Waals surface area contributed by atoms with Gasteiger partial charge in [0.1, 0.15) is 11.3 Å². The molecular formula is C27H32F3N7O2. The van der Waals surface area contributed by atoms with E-state index in [2.05, 4.69) is 20.0 Å². The van der Waals surface area contributed by atoms with Gasteiger partial charge in [-0.1, -0.05) is 32.0 Å². The molecule has 1 unspecified atom stereocenters. The molecule has 208 valence electrons. The van der Waals surface area contributed by atoms with Crippen molar-refractivity contribution < 1.29 is 13.2 Å². The van der Waals surface area contributed by atoms with Crippen LogP contribution in [0.1, 0.15) is 44.2 Å². The van der Waals surface area contributed by atoms with E-state index < -0.39 is 11.7 Å². The fraction of sp³-hybridized carbons (Fsp3) is 0.481. The SMILES string of the molecule is CCCn1c(=O)c2[nH]c(-c3cnn(CC4CCN(Cc5cccc(C(F)(F)F)c5)C4)c3)nc2n(CCC)c1=O. The first kappa shape index (κ1) is 26.9. The Kier molecular flexibility index (Phi) is 7.48. The van der Waals surface area contributed by atoms with Crippen LogP contribution >= 0.6 is 0 Å². The second-order valence-electron chi connectivity index (χ2n) is 10.2. The molecule has 0 aliphatic carbocycles. The molecule has 0 spiro atoms. The van der Waals surface area contributed by atoms with Crippen molar-refractivity contribution in [3.63, 3.8) is 0 Å². The largest absolute Gasteiger partial charge is 0.416 e. The highest BCUT2D eigenvalue weighted by Crippen LogP contribution is 2.30. The van der Waals surface area contributed by atoms with E-state index in [0.717, 1.165) is 32.0 Å². The van der Waals surface area contributed by atoms with E-state index in [1.165, 1.54) is 16.7 Å². The lowest BCUT2D eigenvalue weighted by Crippen LogP contribution is -2.40. The van der Waals surface area contributed by atoms with E-state index in [0.29, 0.717) is 66.6 Å². The molecule has 0 saturated carbocycles. The van der Waals surface area contributed by atoms with Crippen molar-refractivity contribution in [2.75, 3.05) is 13.1 Å². The van der Waals surface area contributed by atoms with E-state index >= 15 is 0 Å². The lowest BCUT2D eigenvalue weighted by molar-refractivity contribution is -0.137. The van der Waals surface area contributed by atoms with Crippen LogP contribution in [0, 0.1) is 5.92 Å². The number of halogens is 3. The second-order valence-corrected chi connectivity index (χ2v) is 10.2. The number of nitrogens with one attached hydrogen (secondary N) is 1. The van der Waals surface area contributed by atoms with E-state index in [1.54, 1.807) is 16.8 Å².